The number of halogens is 2. The van der Waals surface area contributed by atoms with Gasteiger partial charge >= 0.3 is 0 Å². The molecule has 0 saturated heterocycles. The number of allylic oxidation sites excluding steroid dienone is 2. The standard InChI is InChI=1S/C40H24F2O2/c1-39-35-23(19-31(37(39)43)21-7-13-25(41)14-8-21)11-17-29-27-5-3-4-6-28(27)30-18-12-24-20-32(22-9-15-26(42)16-10-22)38(44)40(39,2)36(24)34(30)33(29)35/h3-20H,1-2H3. The molecule has 0 fully saturated rings. The molecule has 9 rings (SSSR count). The van der Waals surface area contributed by atoms with Crippen LogP contribution in [0.5, 0.6) is 0 Å². The van der Waals surface area contributed by atoms with Crippen LogP contribution >= 0.6 is 0 Å². The van der Waals surface area contributed by atoms with Crippen molar-refractivity contribution in [2.75, 3.05) is 0 Å². The summed E-state index contributed by atoms with van der Waals surface area (Å²) < 4.78 is 28.0. The molecule has 4 heteroatoms. The van der Waals surface area contributed by atoms with Crippen molar-refractivity contribution in [2.45, 2.75) is 24.7 Å². The molecule has 44 heavy (non-hydrogen) atoms. The quantitative estimate of drug-likeness (QED) is 0.193. The van der Waals surface area contributed by atoms with Crippen LogP contribution in [0, 0.1) is 11.6 Å². The molecule has 0 aromatic heterocycles. The maximum Gasteiger partial charge on any atom is 0.175 e. The van der Waals surface area contributed by atoms with E-state index in [1.54, 1.807) is 24.3 Å². The van der Waals surface area contributed by atoms with E-state index in [1.807, 2.05) is 50.3 Å². The molecule has 0 radical (unpaired) electrons. The smallest absolute Gasteiger partial charge is 0.175 e. The highest BCUT2D eigenvalue weighted by atomic mass is 19.1. The molecule has 0 aliphatic heterocycles. The van der Waals surface area contributed by atoms with Gasteiger partial charge in [0.15, 0.2) is 11.6 Å². The molecule has 2 atom stereocenters. The maximum absolute atomic E-state index is 15.1. The van der Waals surface area contributed by atoms with E-state index in [0.717, 1.165) is 54.6 Å². The molecule has 3 aliphatic carbocycles. The lowest BCUT2D eigenvalue weighted by Crippen LogP contribution is -2.59. The van der Waals surface area contributed by atoms with Gasteiger partial charge < -0.3 is 0 Å². The Labute approximate surface area is 251 Å². The van der Waals surface area contributed by atoms with Crippen molar-refractivity contribution < 1.29 is 18.4 Å². The second-order valence-electron chi connectivity index (χ2n) is 12.5. The molecule has 0 spiro atoms. The van der Waals surface area contributed by atoms with Crippen molar-refractivity contribution in [2.24, 2.45) is 0 Å². The second kappa shape index (κ2) is 8.23. The first-order valence-electron chi connectivity index (χ1n) is 14.7. The fraction of sp³-hybridized carbons (Fsp3) is 0.100. The Morgan fingerprint density at radius 2 is 0.864 bits per heavy atom. The summed E-state index contributed by atoms with van der Waals surface area (Å²) in [5.74, 6) is -1.13. The van der Waals surface area contributed by atoms with Gasteiger partial charge in [0.2, 0.25) is 0 Å². The van der Waals surface area contributed by atoms with E-state index in [4.69, 9.17) is 0 Å². The van der Waals surface area contributed by atoms with Crippen molar-refractivity contribution in [1.29, 1.82) is 0 Å². The van der Waals surface area contributed by atoms with E-state index in [-0.39, 0.29) is 23.2 Å². The number of ketones is 2. The molecule has 2 nitrogen and oxygen atoms in total. The third-order valence-electron chi connectivity index (χ3n) is 10.5. The van der Waals surface area contributed by atoms with Gasteiger partial charge in [-0.05, 0) is 116 Å². The minimum atomic E-state index is -1.30. The predicted octanol–water partition coefficient (Wildman–Crippen LogP) is 9.20. The molecule has 3 aliphatic rings. The summed E-state index contributed by atoms with van der Waals surface area (Å²) in [5, 5.41) is 6.27. The monoisotopic (exact) mass is 574 g/mol. The molecule has 6 aromatic carbocycles. The van der Waals surface area contributed by atoms with Gasteiger partial charge in [-0.2, -0.15) is 0 Å². The van der Waals surface area contributed by atoms with Crippen LogP contribution in [0.25, 0.3) is 55.6 Å². The minimum Gasteiger partial charge on any atom is -0.293 e. The SMILES string of the molecule is CC12C(=O)C(c3ccc(F)cc3)=Cc3ccc4c5ccccc5c5ccc6c(c5c4c31)C2(C)C(=O)C(c1ccc(F)cc1)=C6. The average Bonchev–Trinajstić information content (AvgIpc) is 3.04. The van der Waals surface area contributed by atoms with E-state index < -0.39 is 10.8 Å². The summed E-state index contributed by atoms with van der Waals surface area (Å²) in [5.41, 5.74) is 2.96. The number of carbonyl (C=O) groups is 2. The lowest BCUT2D eigenvalue weighted by atomic mass is 9.46. The topological polar surface area (TPSA) is 34.1 Å². The normalized spacial score (nSPS) is 21.7. The van der Waals surface area contributed by atoms with E-state index in [1.165, 1.54) is 24.3 Å². The summed E-state index contributed by atoms with van der Waals surface area (Å²) >= 11 is 0. The van der Waals surface area contributed by atoms with Gasteiger partial charge in [-0.3, -0.25) is 9.59 Å². The number of fused-ring (bicyclic) bond motifs is 4. The molecule has 2 unspecified atom stereocenters. The Morgan fingerprint density at radius 1 is 0.477 bits per heavy atom. The molecule has 0 heterocycles. The molecule has 6 aromatic rings. The van der Waals surface area contributed by atoms with Crippen LogP contribution in [0.2, 0.25) is 0 Å². The van der Waals surface area contributed by atoms with E-state index >= 15 is 9.59 Å². The van der Waals surface area contributed by atoms with Crippen molar-refractivity contribution >= 4 is 67.2 Å². The van der Waals surface area contributed by atoms with Gasteiger partial charge in [0.25, 0.3) is 0 Å². The molecular formula is C40H24F2O2. The number of benzene rings is 6. The zero-order valence-corrected chi connectivity index (χ0v) is 24.0. The van der Waals surface area contributed by atoms with Gasteiger partial charge in [-0.15, -0.1) is 0 Å². The first-order chi connectivity index (χ1) is 21.2. The molecule has 210 valence electrons. The molecule has 0 N–H and O–H groups in total. The van der Waals surface area contributed by atoms with Crippen LogP contribution in [0.3, 0.4) is 0 Å². The summed E-state index contributed by atoms with van der Waals surface area (Å²) in [6, 6.07) is 28.5. The summed E-state index contributed by atoms with van der Waals surface area (Å²) in [4.78, 5) is 30.3. The lowest BCUT2D eigenvalue weighted by molar-refractivity contribution is -0.129. The van der Waals surface area contributed by atoms with Crippen molar-refractivity contribution in [3.63, 3.8) is 0 Å². The predicted molar refractivity (Wildman–Crippen MR) is 172 cm³/mol. The lowest BCUT2D eigenvalue weighted by Gasteiger charge is -2.53. The van der Waals surface area contributed by atoms with Crippen LogP contribution in [0.1, 0.15) is 47.2 Å². The van der Waals surface area contributed by atoms with Crippen LogP contribution in [0.15, 0.2) is 97.1 Å². The van der Waals surface area contributed by atoms with Crippen LogP contribution in [-0.4, -0.2) is 11.6 Å². The highest BCUT2D eigenvalue weighted by Crippen LogP contribution is 2.63. The van der Waals surface area contributed by atoms with E-state index in [2.05, 4.69) is 24.3 Å². The maximum atomic E-state index is 15.1. The number of rotatable bonds is 2. The Bertz CT molecular complexity index is 2230. The highest BCUT2D eigenvalue weighted by Gasteiger charge is 2.63. The van der Waals surface area contributed by atoms with Gasteiger partial charge in [-0.1, -0.05) is 72.8 Å². The number of carbonyl (C=O) groups excluding carboxylic acids is 2. The van der Waals surface area contributed by atoms with E-state index in [0.29, 0.717) is 22.3 Å². The van der Waals surface area contributed by atoms with Gasteiger partial charge in [0, 0.05) is 11.1 Å². The third-order valence-corrected chi connectivity index (χ3v) is 10.5. The van der Waals surface area contributed by atoms with E-state index in [9.17, 15) is 8.78 Å². The first kappa shape index (κ1) is 25.3. The molecule has 0 amide bonds. The fourth-order valence-electron chi connectivity index (χ4n) is 8.33. The van der Waals surface area contributed by atoms with Gasteiger partial charge in [-0.25, -0.2) is 8.78 Å². The zero-order valence-electron chi connectivity index (χ0n) is 24.0. The average molecular weight is 575 g/mol. The van der Waals surface area contributed by atoms with Gasteiger partial charge in [0.05, 0.1) is 10.8 Å². The van der Waals surface area contributed by atoms with Crippen LogP contribution in [-0.2, 0) is 20.4 Å². The summed E-state index contributed by atoms with van der Waals surface area (Å²) in [6.45, 7) is 3.83. The van der Waals surface area contributed by atoms with Crippen molar-refractivity contribution in [3.8, 4) is 0 Å². The number of hydrogen-bond acceptors (Lipinski definition) is 2. The Hall–Kier alpha value is -5.22. The molecule has 0 saturated carbocycles. The highest BCUT2D eigenvalue weighted by molar-refractivity contribution is 6.42. The Balaban J connectivity index is 1.49. The minimum absolute atomic E-state index is 0.179. The van der Waals surface area contributed by atoms with Crippen LogP contribution < -0.4 is 0 Å². The van der Waals surface area contributed by atoms with Crippen LogP contribution in [0.4, 0.5) is 8.78 Å². The zero-order chi connectivity index (χ0) is 30.1. The Morgan fingerprint density at radius 3 is 1.25 bits per heavy atom. The summed E-state index contributed by atoms with van der Waals surface area (Å²) in [6.07, 6.45) is 3.80. The van der Waals surface area contributed by atoms with Crippen molar-refractivity contribution in [3.05, 3.63) is 142 Å². The van der Waals surface area contributed by atoms with Crippen molar-refractivity contribution in [1.82, 2.24) is 0 Å². The molecular weight excluding hydrogens is 550 g/mol. The third kappa shape index (κ3) is 2.84. The first-order valence-corrected chi connectivity index (χ1v) is 14.7. The number of hydrogen-bond donors (Lipinski definition) is 0. The fourth-order valence-corrected chi connectivity index (χ4v) is 8.33. The largest absolute Gasteiger partial charge is 0.293 e. The molecule has 0 bridgehead atoms. The Kier molecular flexibility index (Phi) is 4.73. The van der Waals surface area contributed by atoms with Gasteiger partial charge in [0.1, 0.15) is 11.6 Å². The summed E-state index contributed by atoms with van der Waals surface area (Å²) in [7, 11) is 0. The number of Topliss-reactive ketones (excluding diaryl/α,β-unsaturated/α-hetero) is 2. The second-order valence-corrected chi connectivity index (χ2v) is 12.5.